The first-order chi connectivity index (χ1) is 10.7. The largest absolute Gasteiger partial charge is 0.505 e. The number of rotatable bonds is 5. The van der Waals surface area contributed by atoms with Crippen molar-refractivity contribution in [2.45, 2.75) is 6.92 Å². The highest BCUT2D eigenvalue weighted by Gasteiger charge is 2.18. The van der Waals surface area contributed by atoms with Crippen LogP contribution in [0.2, 0.25) is 0 Å². The molecule has 2 aromatic carbocycles. The summed E-state index contributed by atoms with van der Waals surface area (Å²) in [4.78, 5) is 12.0. The molecule has 0 heterocycles. The number of aliphatic hydroxyl groups is 1. The Hall–Kier alpha value is -2.95. The van der Waals surface area contributed by atoms with Gasteiger partial charge in [-0.05, 0) is 19.1 Å². The van der Waals surface area contributed by atoms with E-state index in [0.717, 1.165) is 0 Å². The van der Waals surface area contributed by atoms with Crippen LogP contribution in [-0.4, -0.2) is 17.7 Å². The Morgan fingerprint density at radius 1 is 1.05 bits per heavy atom. The van der Waals surface area contributed by atoms with Crippen molar-refractivity contribution >= 4 is 17.4 Å². The Bertz CT molecular complexity index is 680. The third-order valence-electron chi connectivity index (χ3n) is 2.76. The second kappa shape index (κ2) is 7.73. The van der Waals surface area contributed by atoms with Gasteiger partial charge in [-0.15, -0.1) is 5.11 Å². The average molecular weight is 296 g/mol. The number of benzene rings is 2. The molecule has 0 atom stereocenters. The molecule has 0 amide bonds. The second-order valence-electron chi connectivity index (χ2n) is 4.32. The Morgan fingerprint density at radius 2 is 1.64 bits per heavy atom. The van der Waals surface area contributed by atoms with Crippen molar-refractivity contribution in [3.63, 3.8) is 0 Å². The highest BCUT2D eigenvalue weighted by Crippen LogP contribution is 2.20. The van der Waals surface area contributed by atoms with Gasteiger partial charge in [-0.1, -0.05) is 48.5 Å². The van der Waals surface area contributed by atoms with E-state index in [-0.39, 0.29) is 18.1 Å². The van der Waals surface area contributed by atoms with Crippen LogP contribution in [0, 0.1) is 0 Å². The summed E-state index contributed by atoms with van der Waals surface area (Å²) in [7, 11) is 0. The fourth-order valence-electron chi connectivity index (χ4n) is 1.72. The van der Waals surface area contributed by atoms with Gasteiger partial charge in [0.2, 0.25) is 5.70 Å². The number of azo groups is 1. The Kier molecular flexibility index (Phi) is 5.43. The SMILES string of the molecule is CCOC(=O)C(N=Nc1ccccc1)=C(O)c1ccccc1. The number of nitrogens with zero attached hydrogens (tertiary/aromatic N) is 2. The molecule has 2 rings (SSSR count). The first-order valence-corrected chi connectivity index (χ1v) is 6.85. The van der Waals surface area contributed by atoms with Crippen molar-refractivity contribution in [2.75, 3.05) is 6.61 Å². The van der Waals surface area contributed by atoms with Crippen LogP contribution in [-0.2, 0) is 9.53 Å². The molecule has 22 heavy (non-hydrogen) atoms. The summed E-state index contributed by atoms with van der Waals surface area (Å²) in [5, 5.41) is 18.1. The van der Waals surface area contributed by atoms with Gasteiger partial charge < -0.3 is 9.84 Å². The summed E-state index contributed by atoms with van der Waals surface area (Å²) in [6.07, 6.45) is 0. The van der Waals surface area contributed by atoms with E-state index in [1.54, 1.807) is 55.5 Å². The van der Waals surface area contributed by atoms with Gasteiger partial charge in [0.1, 0.15) is 0 Å². The van der Waals surface area contributed by atoms with Crippen LogP contribution in [0.5, 0.6) is 0 Å². The smallest absolute Gasteiger partial charge is 0.362 e. The van der Waals surface area contributed by atoms with E-state index in [0.29, 0.717) is 11.3 Å². The highest BCUT2D eigenvalue weighted by molar-refractivity contribution is 5.95. The van der Waals surface area contributed by atoms with Gasteiger partial charge in [0, 0.05) is 5.56 Å². The molecule has 0 fully saturated rings. The van der Waals surface area contributed by atoms with Gasteiger partial charge in [0.05, 0.1) is 12.3 Å². The number of hydrogen-bond acceptors (Lipinski definition) is 5. The minimum atomic E-state index is -0.719. The molecule has 2 aromatic rings. The lowest BCUT2D eigenvalue weighted by Crippen LogP contribution is -2.08. The summed E-state index contributed by atoms with van der Waals surface area (Å²) in [6.45, 7) is 1.87. The Balaban J connectivity index is 2.39. The van der Waals surface area contributed by atoms with Crippen LogP contribution in [0.3, 0.4) is 0 Å². The standard InChI is InChI=1S/C17H16N2O3/c1-2-22-17(21)15(16(20)13-9-5-3-6-10-13)19-18-14-11-7-4-8-12-14/h3-12,20H,2H2,1H3. The lowest BCUT2D eigenvalue weighted by molar-refractivity contribution is -0.138. The van der Waals surface area contributed by atoms with Gasteiger partial charge in [-0.2, -0.15) is 5.11 Å². The van der Waals surface area contributed by atoms with Crippen molar-refractivity contribution in [3.05, 3.63) is 71.9 Å². The zero-order valence-corrected chi connectivity index (χ0v) is 12.1. The van der Waals surface area contributed by atoms with Crippen molar-refractivity contribution in [3.8, 4) is 0 Å². The van der Waals surface area contributed by atoms with Gasteiger partial charge in [-0.3, -0.25) is 0 Å². The maximum atomic E-state index is 12.0. The molecule has 0 radical (unpaired) electrons. The van der Waals surface area contributed by atoms with Gasteiger partial charge >= 0.3 is 5.97 Å². The molecule has 1 N–H and O–H groups in total. The van der Waals surface area contributed by atoms with Gasteiger partial charge in [0.25, 0.3) is 0 Å². The third kappa shape index (κ3) is 4.02. The minimum absolute atomic E-state index is 0.186. The predicted octanol–water partition coefficient (Wildman–Crippen LogP) is 4.26. The van der Waals surface area contributed by atoms with E-state index < -0.39 is 5.97 Å². The quantitative estimate of drug-likeness (QED) is 0.388. The summed E-state index contributed by atoms with van der Waals surface area (Å²) in [5.41, 5.74) is 0.819. The second-order valence-corrected chi connectivity index (χ2v) is 4.32. The number of ether oxygens (including phenoxy) is 1. The van der Waals surface area contributed by atoms with E-state index >= 15 is 0 Å². The normalized spacial score (nSPS) is 12.0. The molecule has 0 bridgehead atoms. The van der Waals surface area contributed by atoms with Gasteiger partial charge in [0.15, 0.2) is 5.76 Å². The molecule has 0 aliphatic carbocycles. The van der Waals surface area contributed by atoms with E-state index in [1.807, 2.05) is 12.1 Å². The highest BCUT2D eigenvalue weighted by atomic mass is 16.5. The number of carbonyl (C=O) groups excluding carboxylic acids is 1. The molecule has 0 saturated heterocycles. The molecular weight excluding hydrogens is 280 g/mol. The molecular formula is C17H16N2O3. The van der Waals surface area contributed by atoms with Crippen molar-refractivity contribution in [1.82, 2.24) is 0 Å². The zero-order valence-electron chi connectivity index (χ0n) is 12.1. The molecule has 0 unspecified atom stereocenters. The van der Waals surface area contributed by atoms with Crippen LogP contribution >= 0.6 is 0 Å². The fourth-order valence-corrected chi connectivity index (χ4v) is 1.72. The number of hydrogen-bond donors (Lipinski definition) is 1. The maximum absolute atomic E-state index is 12.0. The lowest BCUT2D eigenvalue weighted by Gasteiger charge is -2.05. The zero-order chi connectivity index (χ0) is 15.8. The molecule has 5 heteroatoms. The molecule has 5 nitrogen and oxygen atoms in total. The van der Waals surface area contributed by atoms with Crippen LogP contribution in [0.25, 0.3) is 5.76 Å². The van der Waals surface area contributed by atoms with E-state index in [1.165, 1.54) is 0 Å². The average Bonchev–Trinajstić information content (AvgIpc) is 2.57. The monoisotopic (exact) mass is 296 g/mol. The predicted molar refractivity (Wildman–Crippen MR) is 83.6 cm³/mol. The number of carbonyl (C=O) groups is 1. The van der Waals surface area contributed by atoms with Crippen LogP contribution in [0.4, 0.5) is 5.69 Å². The van der Waals surface area contributed by atoms with Crippen molar-refractivity contribution in [1.29, 1.82) is 0 Å². The molecule has 112 valence electrons. The molecule has 0 spiro atoms. The lowest BCUT2D eigenvalue weighted by atomic mass is 10.1. The summed E-state index contributed by atoms with van der Waals surface area (Å²) >= 11 is 0. The topological polar surface area (TPSA) is 71.2 Å². The van der Waals surface area contributed by atoms with Crippen LogP contribution in [0.15, 0.2) is 76.6 Å². The van der Waals surface area contributed by atoms with Gasteiger partial charge in [-0.25, -0.2) is 4.79 Å². The number of esters is 1. The third-order valence-corrected chi connectivity index (χ3v) is 2.76. The molecule has 0 aliphatic heterocycles. The molecule has 0 aromatic heterocycles. The van der Waals surface area contributed by atoms with Crippen molar-refractivity contribution < 1.29 is 14.6 Å². The summed E-state index contributed by atoms with van der Waals surface area (Å²) in [5.74, 6) is -0.984. The first kappa shape index (κ1) is 15.4. The fraction of sp³-hybridized carbons (Fsp3) is 0.118. The van der Waals surface area contributed by atoms with E-state index in [9.17, 15) is 9.90 Å². The Morgan fingerprint density at radius 3 is 2.23 bits per heavy atom. The van der Waals surface area contributed by atoms with E-state index in [4.69, 9.17) is 4.74 Å². The summed E-state index contributed by atoms with van der Waals surface area (Å²) < 4.78 is 4.92. The first-order valence-electron chi connectivity index (χ1n) is 6.85. The summed E-state index contributed by atoms with van der Waals surface area (Å²) in [6, 6.07) is 17.6. The minimum Gasteiger partial charge on any atom is -0.505 e. The number of aliphatic hydroxyl groups excluding tert-OH is 1. The van der Waals surface area contributed by atoms with Crippen LogP contribution < -0.4 is 0 Å². The van der Waals surface area contributed by atoms with Crippen LogP contribution in [0.1, 0.15) is 12.5 Å². The molecule has 0 saturated carbocycles. The van der Waals surface area contributed by atoms with Crippen molar-refractivity contribution in [2.24, 2.45) is 10.2 Å². The Labute approximate surface area is 128 Å². The molecule has 0 aliphatic rings. The maximum Gasteiger partial charge on any atom is 0.362 e. The van der Waals surface area contributed by atoms with E-state index in [2.05, 4.69) is 10.2 Å².